The average Bonchev–Trinajstić information content (AvgIpc) is 2.42. The Balaban J connectivity index is 2.19. The van der Waals surface area contributed by atoms with Crippen LogP contribution in [0.25, 0.3) is 0 Å². The van der Waals surface area contributed by atoms with E-state index >= 15 is 0 Å². The van der Waals surface area contributed by atoms with Crippen LogP contribution < -0.4 is 4.90 Å². The van der Waals surface area contributed by atoms with E-state index in [1.54, 1.807) is 0 Å². The third kappa shape index (κ3) is 2.96. The Hall–Kier alpha value is -1.38. The van der Waals surface area contributed by atoms with Gasteiger partial charge in [0, 0.05) is 19.0 Å². The van der Waals surface area contributed by atoms with E-state index < -0.39 is 0 Å². The zero-order valence-corrected chi connectivity index (χ0v) is 12.4. The molecule has 1 aromatic rings. The van der Waals surface area contributed by atoms with Crippen LogP contribution in [0.15, 0.2) is 18.3 Å². The largest absolute Gasteiger partial charge is 0.367 e. The Bertz CT molecular complexity index is 441. The van der Waals surface area contributed by atoms with E-state index in [-0.39, 0.29) is 5.78 Å². The highest BCUT2D eigenvalue weighted by molar-refractivity contribution is 5.94. The van der Waals surface area contributed by atoms with Gasteiger partial charge in [-0.15, -0.1) is 0 Å². The molecule has 1 fully saturated rings. The number of hydrogen-bond acceptors (Lipinski definition) is 3. The first-order valence-corrected chi connectivity index (χ1v) is 7.28. The lowest BCUT2D eigenvalue weighted by atomic mass is 9.86. The molecule has 1 aliphatic heterocycles. The van der Waals surface area contributed by atoms with Crippen LogP contribution in [0.3, 0.4) is 0 Å². The Morgan fingerprint density at radius 2 is 2.11 bits per heavy atom. The molecule has 0 radical (unpaired) electrons. The predicted octanol–water partition coefficient (Wildman–Crippen LogP) is 3.55. The normalized spacial score (nSPS) is 27.4. The topological polar surface area (TPSA) is 33.2 Å². The van der Waals surface area contributed by atoms with Crippen molar-refractivity contribution in [3.63, 3.8) is 0 Å². The maximum absolute atomic E-state index is 11.6. The van der Waals surface area contributed by atoms with Crippen molar-refractivity contribution in [1.29, 1.82) is 0 Å². The monoisotopic (exact) mass is 260 g/mol. The molecule has 0 aliphatic carbocycles. The highest BCUT2D eigenvalue weighted by Crippen LogP contribution is 2.30. The van der Waals surface area contributed by atoms with Crippen molar-refractivity contribution >= 4 is 11.5 Å². The van der Waals surface area contributed by atoms with E-state index in [2.05, 4.69) is 30.7 Å². The lowest BCUT2D eigenvalue weighted by Crippen LogP contribution is -2.45. The average molecular weight is 260 g/mol. The molecule has 0 aromatic carbocycles. The molecule has 1 saturated heterocycles. The molecule has 0 bridgehead atoms. The van der Waals surface area contributed by atoms with Gasteiger partial charge < -0.3 is 4.90 Å². The van der Waals surface area contributed by atoms with Crippen LogP contribution in [-0.4, -0.2) is 23.4 Å². The second kappa shape index (κ2) is 5.72. The summed E-state index contributed by atoms with van der Waals surface area (Å²) < 4.78 is 0. The number of pyridine rings is 1. The molecule has 2 rings (SSSR count). The van der Waals surface area contributed by atoms with Gasteiger partial charge in [0.25, 0.3) is 0 Å². The van der Waals surface area contributed by atoms with Crippen molar-refractivity contribution < 1.29 is 4.79 Å². The quantitative estimate of drug-likeness (QED) is 0.779. The SMILES string of the molecule is CCC(=O)c1ccc(N2CC(C)CC(C)C2C)cn1. The number of Topliss-reactive ketones (excluding diaryl/α,β-unsaturated/α-hetero) is 1. The van der Waals surface area contributed by atoms with Crippen molar-refractivity contribution in [1.82, 2.24) is 4.98 Å². The highest BCUT2D eigenvalue weighted by Gasteiger charge is 2.29. The molecule has 2 heterocycles. The molecule has 0 spiro atoms. The first-order valence-electron chi connectivity index (χ1n) is 7.28. The van der Waals surface area contributed by atoms with E-state index in [9.17, 15) is 4.79 Å². The fraction of sp³-hybridized carbons (Fsp3) is 0.625. The maximum atomic E-state index is 11.6. The van der Waals surface area contributed by atoms with Gasteiger partial charge in [0.1, 0.15) is 5.69 Å². The number of aromatic nitrogens is 1. The van der Waals surface area contributed by atoms with Crippen molar-refractivity contribution in [2.45, 2.75) is 46.6 Å². The number of hydrogen-bond donors (Lipinski definition) is 0. The van der Waals surface area contributed by atoms with Crippen LogP contribution in [0.4, 0.5) is 5.69 Å². The minimum atomic E-state index is 0.111. The second-order valence-corrected chi connectivity index (χ2v) is 5.89. The van der Waals surface area contributed by atoms with Crippen LogP contribution >= 0.6 is 0 Å². The molecule has 104 valence electrons. The molecule has 0 saturated carbocycles. The molecular weight excluding hydrogens is 236 g/mol. The summed E-state index contributed by atoms with van der Waals surface area (Å²) in [7, 11) is 0. The third-order valence-corrected chi connectivity index (χ3v) is 4.28. The molecule has 3 heteroatoms. The maximum Gasteiger partial charge on any atom is 0.180 e. The summed E-state index contributed by atoms with van der Waals surface area (Å²) in [6.45, 7) is 9.84. The first-order chi connectivity index (χ1) is 9.02. The van der Waals surface area contributed by atoms with Crippen LogP contribution in [0.2, 0.25) is 0 Å². The fourth-order valence-corrected chi connectivity index (χ4v) is 2.96. The fourth-order valence-electron chi connectivity index (χ4n) is 2.96. The zero-order valence-electron chi connectivity index (χ0n) is 12.4. The number of anilines is 1. The summed E-state index contributed by atoms with van der Waals surface area (Å²) in [6.07, 6.45) is 3.65. The second-order valence-electron chi connectivity index (χ2n) is 5.89. The van der Waals surface area contributed by atoms with Gasteiger partial charge >= 0.3 is 0 Å². The first kappa shape index (κ1) is 14.0. The Morgan fingerprint density at radius 1 is 1.37 bits per heavy atom. The van der Waals surface area contributed by atoms with E-state index in [0.717, 1.165) is 12.2 Å². The van der Waals surface area contributed by atoms with Gasteiger partial charge in [0.15, 0.2) is 5.78 Å². The Morgan fingerprint density at radius 3 is 2.68 bits per heavy atom. The zero-order chi connectivity index (χ0) is 14.0. The Labute approximate surface area is 116 Å². The summed E-state index contributed by atoms with van der Waals surface area (Å²) >= 11 is 0. The third-order valence-electron chi connectivity index (χ3n) is 4.28. The number of nitrogens with zero attached hydrogens (tertiary/aromatic N) is 2. The van der Waals surface area contributed by atoms with E-state index in [1.165, 1.54) is 6.42 Å². The van der Waals surface area contributed by atoms with Gasteiger partial charge in [-0.3, -0.25) is 9.78 Å². The van der Waals surface area contributed by atoms with Gasteiger partial charge in [-0.05, 0) is 37.3 Å². The van der Waals surface area contributed by atoms with Crippen molar-refractivity contribution in [2.75, 3.05) is 11.4 Å². The summed E-state index contributed by atoms with van der Waals surface area (Å²) in [5.41, 5.74) is 1.72. The van der Waals surface area contributed by atoms with Gasteiger partial charge in [-0.25, -0.2) is 0 Å². The number of carbonyl (C=O) groups excluding carboxylic acids is 1. The highest BCUT2D eigenvalue weighted by atomic mass is 16.1. The van der Waals surface area contributed by atoms with Gasteiger partial charge in [0.05, 0.1) is 11.9 Å². The van der Waals surface area contributed by atoms with Gasteiger partial charge in [0.2, 0.25) is 0 Å². The van der Waals surface area contributed by atoms with Crippen molar-refractivity contribution in [2.24, 2.45) is 11.8 Å². The Kier molecular flexibility index (Phi) is 4.23. The smallest absolute Gasteiger partial charge is 0.180 e. The molecule has 1 aromatic heterocycles. The number of rotatable bonds is 3. The number of carbonyl (C=O) groups is 1. The molecule has 1 aliphatic rings. The minimum absolute atomic E-state index is 0.111. The number of piperidine rings is 1. The molecule has 19 heavy (non-hydrogen) atoms. The summed E-state index contributed by atoms with van der Waals surface area (Å²) in [6, 6.07) is 4.43. The van der Waals surface area contributed by atoms with Crippen LogP contribution in [0.5, 0.6) is 0 Å². The standard InChI is InChI=1S/C16H24N2O/c1-5-16(19)15-7-6-14(9-17-15)18-10-11(2)8-12(3)13(18)4/h6-7,9,11-13H,5,8,10H2,1-4H3. The van der Waals surface area contributed by atoms with Crippen molar-refractivity contribution in [3.8, 4) is 0 Å². The predicted molar refractivity (Wildman–Crippen MR) is 78.6 cm³/mol. The van der Waals surface area contributed by atoms with Crippen LogP contribution in [0.1, 0.15) is 51.0 Å². The molecule has 3 unspecified atom stereocenters. The van der Waals surface area contributed by atoms with Crippen LogP contribution in [-0.2, 0) is 0 Å². The molecule has 0 N–H and O–H groups in total. The number of ketones is 1. The van der Waals surface area contributed by atoms with Gasteiger partial charge in [-0.2, -0.15) is 0 Å². The van der Waals surface area contributed by atoms with Gasteiger partial charge in [-0.1, -0.05) is 20.8 Å². The molecule has 3 nitrogen and oxygen atoms in total. The minimum Gasteiger partial charge on any atom is -0.367 e. The van der Waals surface area contributed by atoms with E-state index in [1.807, 2.05) is 25.3 Å². The lowest BCUT2D eigenvalue weighted by molar-refractivity contribution is 0.0983. The molecule has 3 atom stereocenters. The van der Waals surface area contributed by atoms with Crippen molar-refractivity contribution in [3.05, 3.63) is 24.0 Å². The van der Waals surface area contributed by atoms with E-state index in [0.29, 0.717) is 30.0 Å². The van der Waals surface area contributed by atoms with Crippen LogP contribution in [0, 0.1) is 11.8 Å². The lowest BCUT2D eigenvalue weighted by Gasteiger charge is -2.42. The molecule has 0 amide bonds. The summed E-state index contributed by atoms with van der Waals surface area (Å²) in [5, 5.41) is 0. The van der Waals surface area contributed by atoms with E-state index in [4.69, 9.17) is 0 Å². The molecular formula is C16H24N2O. The summed E-state index contributed by atoms with van der Waals surface area (Å²) in [5.74, 6) is 1.52. The summed E-state index contributed by atoms with van der Waals surface area (Å²) in [4.78, 5) is 18.3.